The second-order valence-corrected chi connectivity index (χ2v) is 9.90. The van der Waals surface area contributed by atoms with Crippen molar-refractivity contribution in [3.05, 3.63) is 64.6 Å². The number of carbonyl (C=O) groups excluding carboxylic acids is 2. The molecule has 10 heteroatoms. The van der Waals surface area contributed by atoms with Crippen molar-refractivity contribution in [3.63, 3.8) is 0 Å². The SMILES string of the molecule is C=N/N=C(\CCC1CCCC(CN/C(C=O)=C(\C)NC)C1)c1cc(Cl)cnc1OCC.C=O.CNc1ccccc1. The van der Waals surface area contributed by atoms with Gasteiger partial charge in [-0.3, -0.25) is 4.79 Å². The maximum Gasteiger partial charge on any atom is 0.222 e. The number of aromatic nitrogens is 1. The number of para-hydroxylation sites is 1. The third-order valence-electron chi connectivity index (χ3n) is 6.82. The molecule has 1 heterocycles. The molecule has 2 atom stereocenters. The Morgan fingerprint density at radius 1 is 1.20 bits per heavy atom. The number of benzene rings is 1. The normalized spacial score (nSPS) is 16.9. The standard InChI is InChI=1S/C23H34ClN5O2.C7H9N.CH2O/c1-5-31-23-20(12-19(24)14-28-23)21(29-26-4)10-9-17-7-6-8-18(11-17)13-27-22(15-30)16(2)25-3;1-8-7-5-3-2-4-6-7;1-2/h12,14-15,17-18,25,27H,4-11,13H2,1-3H3;2-6,8H,1H3;1H2/b22-16+,29-21+;;. The van der Waals surface area contributed by atoms with Crippen LogP contribution in [0.1, 0.15) is 57.9 Å². The highest BCUT2D eigenvalue weighted by molar-refractivity contribution is 6.31. The lowest BCUT2D eigenvalue weighted by Gasteiger charge is -2.30. The average molecular weight is 585 g/mol. The molecule has 1 aliphatic carbocycles. The van der Waals surface area contributed by atoms with E-state index in [-0.39, 0.29) is 0 Å². The molecule has 1 aromatic heterocycles. The Balaban J connectivity index is 0.000000711. The predicted octanol–water partition coefficient (Wildman–Crippen LogP) is 5.91. The molecule has 3 N–H and O–H groups in total. The van der Waals surface area contributed by atoms with Crippen LogP contribution in [0, 0.1) is 11.8 Å². The maximum absolute atomic E-state index is 11.3. The monoisotopic (exact) mass is 584 g/mol. The van der Waals surface area contributed by atoms with Crippen molar-refractivity contribution in [1.82, 2.24) is 15.6 Å². The van der Waals surface area contributed by atoms with Crippen molar-refractivity contribution < 1.29 is 14.3 Å². The Morgan fingerprint density at radius 3 is 2.49 bits per heavy atom. The summed E-state index contributed by atoms with van der Waals surface area (Å²) in [7, 11) is 3.73. The average Bonchev–Trinajstić information content (AvgIpc) is 3.02. The number of hydrogen-bond donors (Lipinski definition) is 3. The minimum Gasteiger partial charge on any atom is -0.477 e. The van der Waals surface area contributed by atoms with Gasteiger partial charge >= 0.3 is 0 Å². The summed E-state index contributed by atoms with van der Waals surface area (Å²) >= 11 is 6.17. The van der Waals surface area contributed by atoms with E-state index in [0.29, 0.717) is 35.0 Å². The highest BCUT2D eigenvalue weighted by Crippen LogP contribution is 2.33. The van der Waals surface area contributed by atoms with E-state index in [1.54, 1.807) is 6.20 Å². The Morgan fingerprint density at radius 2 is 1.90 bits per heavy atom. The van der Waals surface area contributed by atoms with Crippen LogP contribution < -0.4 is 20.7 Å². The summed E-state index contributed by atoms with van der Waals surface area (Å²) < 4.78 is 5.66. The molecule has 2 aromatic rings. The van der Waals surface area contributed by atoms with Gasteiger partial charge in [-0.25, -0.2) is 4.98 Å². The van der Waals surface area contributed by atoms with Crippen LogP contribution in [0.15, 0.2) is 64.2 Å². The lowest BCUT2D eigenvalue weighted by Crippen LogP contribution is -2.29. The molecule has 0 saturated heterocycles. The highest BCUT2D eigenvalue weighted by atomic mass is 35.5. The van der Waals surface area contributed by atoms with Gasteiger partial charge in [0.15, 0.2) is 6.29 Å². The zero-order valence-corrected chi connectivity index (χ0v) is 25.5. The summed E-state index contributed by atoms with van der Waals surface area (Å²) in [6.07, 6.45) is 8.90. The molecule has 0 spiro atoms. The van der Waals surface area contributed by atoms with Gasteiger partial charge in [-0.1, -0.05) is 42.6 Å². The third kappa shape index (κ3) is 13.0. The van der Waals surface area contributed by atoms with E-state index in [0.717, 1.165) is 54.8 Å². The second kappa shape index (κ2) is 21.1. The van der Waals surface area contributed by atoms with Crippen LogP contribution in [0.5, 0.6) is 5.88 Å². The molecule has 1 aromatic carbocycles. The van der Waals surface area contributed by atoms with Crippen LogP contribution in [0.25, 0.3) is 0 Å². The van der Waals surface area contributed by atoms with Gasteiger partial charge in [0.25, 0.3) is 0 Å². The van der Waals surface area contributed by atoms with E-state index in [2.05, 4.69) is 37.9 Å². The van der Waals surface area contributed by atoms with Crippen LogP contribution in [-0.4, -0.2) is 57.7 Å². The summed E-state index contributed by atoms with van der Waals surface area (Å²) in [5.41, 5.74) is 4.23. The number of pyridine rings is 1. The molecule has 3 rings (SSSR count). The van der Waals surface area contributed by atoms with Crippen LogP contribution in [0.3, 0.4) is 0 Å². The minimum absolute atomic E-state index is 0.512. The zero-order valence-electron chi connectivity index (χ0n) is 24.8. The number of anilines is 1. The van der Waals surface area contributed by atoms with Crippen LogP contribution in [0.2, 0.25) is 5.02 Å². The van der Waals surface area contributed by atoms with Crippen molar-refractivity contribution in [2.24, 2.45) is 22.0 Å². The zero-order chi connectivity index (χ0) is 30.5. The van der Waals surface area contributed by atoms with Gasteiger partial charge in [0.1, 0.15) is 6.79 Å². The number of aldehydes is 1. The fourth-order valence-corrected chi connectivity index (χ4v) is 4.81. The summed E-state index contributed by atoms with van der Waals surface area (Å²) in [6, 6.07) is 11.9. The molecule has 224 valence electrons. The number of hydrogen-bond acceptors (Lipinski definition) is 9. The number of nitrogens with one attached hydrogen (secondary N) is 3. The van der Waals surface area contributed by atoms with Gasteiger partial charge in [-0.2, -0.15) is 10.2 Å². The van der Waals surface area contributed by atoms with E-state index >= 15 is 0 Å². The van der Waals surface area contributed by atoms with Crippen molar-refractivity contribution >= 4 is 42.8 Å². The Hall–Kier alpha value is -3.72. The lowest BCUT2D eigenvalue weighted by molar-refractivity contribution is -0.105. The highest BCUT2D eigenvalue weighted by Gasteiger charge is 2.23. The first kappa shape index (κ1) is 35.3. The Bertz CT molecular complexity index is 1110. The number of rotatable bonds is 13. The molecule has 0 amide bonds. The molecule has 0 bridgehead atoms. The number of halogens is 1. The van der Waals surface area contributed by atoms with Crippen molar-refractivity contribution in [1.29, 1.82) is 0 Å². The summed E-state index contributed by atoms with van der Waals surface area (Å²) in [6.45, 7) is 10.7. The van der Waals surface area contributed by atoms with Gasteiger partial charge in [0, 0.05) is 44.9 Å². The molecule has 0 aliphatic heterocycles. The van der Waals surface area contributed by atoms with Gasteiger partial charge in [0.05, 0.1) is 28.6 Å². The third-order valence-corrected chi connectivity index (χ3v) is 7.03. The molecule has 9 nitrogen and oxygen atoms in total. The first-order chi connectivity index (χ1) is 19.9. The number of allylic oxidation sites excluding steroid dienone is 2. The number of ether oxygens (including phenoxy) is 1. The number of nitrogens with zero attached hydrogens (tertiary/aromatic N) is 3. The van der Waals surface area contributed by atoms with Crippen molar-refractivity contribution in [2.45, 2.75) is 52.4 Å². The Kier molecular flexibility index (Phi) is 18.2. The van der Waals surface area contributed by atoms with Gasteiger partial charge in [-0.05, 0) is 69.6 Å². The number of carbonyl (C=O) groups is 2. The fourth-order valence-electron chi connectivity index (χ4n) is 4.66. The molecular weight excluding hydrogens is 540 g/mol. The predicted molar refractivity (Wildman–Crippen MR) is 170 cm³/mol. The first-order valence-electron chi connectivity index (χ1n) is 13.9. The molecule has 41 heavy (non-hydrogen) atoms. The van der Waals surface area contributed by atoms with Gasteiger partial charge < -0.3 is 25.5 Å². The molecule has 1 saturated carbocycles. The molecule has 2 unspecified atom stereocenters. The maximum atomic E-state index is 11.3. The van der Waals surface area contributed by atoms with Crippen LogP contribution in [-0.2, 0) is 9.59 Å². The summed E-state index contributed by atoms with van der Waals surface area (Å²) in [5.74, 6) is 1.66. The first-order valence-corrected chi connectivity index (χ1v) is 14.2. The van der Waals surface area contributed by atoms with E-state index in [1.165, 1.54) is 19.3 Å². The second-order valence-electron chi connectivity index (χ2n) is 9.47. The van der Waals surface area contributed by atoms with Gasteiger partial charge in [-0.15, -0.1) is 0 Å². The lowest BCUT2D eigenvalue weighted by atomic mass is 9.78. The van der Waals surface area contributed by atoms with Crippen molar-refractivity contribution in [2.75, 3.05) is 32.6 Å². The molecule has 1 aliphatic rings. The summed E-state index contributed by atoms with van der Waals surface area (Å²) in [5, 5.41) is 17.9. The minimum atomic E-state index is 0.512. The smallest absolute Gasteiger partial charge is 0.222 e. The molecular formula is C31H45ClN6O3. The quantitative estimate of drug-likeness (QED) is 0.116. The largest absolute Gasteiger partial charge is 0.477 e. The topological polar surface area (TPSA) is 117 Å². The van der Waals surface area contributed by atoms with Gasteiger partial charge in [0.2, 0.25) is 5.88 Å². The van der Waals surface area contributed by atoms with Crippen LogP contribution >= 0.6 is 11.6 Å². The van der Waals surface area contributed by atoms with Crippen LogP contribution in [0.4, 0.5) is 5.69 Å². The van der Waals surface area contributed by atoms with E-state index < -0.39 is 0 Å². The van der Waals surface area contributed by atoms with Crippen molar-refractivity contribution in [3.8, 4) is 5.88 Å². The molecule has 0 radical (unpaired) electrons. The Labute approximate surface area is 249 Å². The van der Waals surface area contributed by atoms with E-state index in [1.807, 2.05) is 71.1 Å². The van der Waals surface area contributed by atoms with E-state index in [9.17, 15) is 4.79 Å². The fraction of sp³-hybridized carbons (Fsp3) is 0.452. The summed E-state index contributed by atoms with van der Waals surface area (Å²) in [4.78, 5) is 23.6. The van der Waals surface area contributed by atoms with E-state index in [4.69, 9.17) is 21.1 Å². The molecule has 1 fully saturated rings.